The van der Waals surface area contributed by atoms with Crippen LogP contribution in [0, 0.1) is 0 Å². The third kappa shape index (κ3) is 3.18. The molecule has 0 spiro atoms. The summed E-state index contributed by atoms with van der Waals surface area (Å²) in [6, 6.07) is 1.97. The van der Waals surface area contributed by atoms with Crippen molar-refractivity contribution in [2.45, 2.75) is 32.6 Å². The quantitative estimate of drug-likeness (QED) is 0.771. The Morgan fingerprint density at radius 1 is 1.53 bits per heavy atom. The van der Waals surface area contributed by atoms with E-state index in [9.17, 15) is 0 Å². The molecular formula is C11H18N2O2. The Balaban J connectivity index is 2.71. The number of ether oxygens (including phenoxy) is 1. The van der Waals surface area contributed by atoms with E-state index < -0.39 is 0 Å². The van der Waals surface area contributed by atoms with Gasteiger partial charge in [-0.15, -0.1) is 0 Å². The lowest BCUT2D eigenvalue weighted by atomic mass is 10.1. The summed E-state index contributed by atoms with van der Waals surface area (Å²) in [6.45, 7) is 4.04. The Morgan fingerprint density at radius 3 is 2.87 bits per heavy atom. The van der Waals surface area contributed by atoms with Crippen molar-refractivity contribution in [3.8, 4) is 0 Å². The first-order chi connectivity index (χ1) is 7.19. The fourth-order valence-corrected chi connectivity index (χ4v) is 1.26. The van der Waals surface area contributed by atoms with Crippen molar-refractivity contribution in [1.29, 1.82) is 0 Å². The van der Waals surface area contributed by atoms with Crippen molar-refractivity contribution >= 4 is 5.69 Å². The van der Waals surface area contributed by atoms with Crippen LogP contribution < -0.4 is 5.32 Å². The SMILES string of the molecule is COC(C)C(C)Nc1cnccc1CO. The summed E-state index contributed by atoms with van der Waals surface area (Å²) in [5.74, 6) is 0. The van der Waals surface area contributed by atoms with Gasteiger partial charge in [-0.1, -0.05) is 0 Å². The molecule has 84 valence electrons. The highest BCUT2D eigenvalue weighted by Crippen LogP contribution is 2.15. The smallest absolute Gasteiger partial charge is 0.0741 e. The minimum atomic E-state index is 0.0128. The van der Waals surface area contributed by atoms with Gasteiger partial charge in [0, 0.05) is 24.9 Å². The van der Waals surface area contributed by atoms with Gasteiger partial charge in [0.2, 0.25) is 0 Å². The molecule has 2 atom stereocenters. The van der Waals surface area contributed by atoms with Crippen molar-refractivity contribution in [2.75, 3.05) is 12.4 Å². The Kier molecular flexibility index (Phi) is 4.52. The molecule has 0 saturated carbocycles. The molecule has 2 unspecified atom stereocenters. The summed E-state index contributed by atoms with van der Waals surface area (Å²) >= 11 is 0. The van der Waals surface area contributed by atoms with E-state index in [2.05, 4.69) is 10.3 Å². The number of nitrogens with one attached hydrogen (secondary N) is 1. The molecule has 0 amide bonds. The van der Waals surface area contributed by atoms with Crippen molar-refractivity contribution in [1.82, 2.24) is 4.98 Å². The van der Waals surface area contributed by atoms with E-state index >= 15 is 0 Å². The summed E-state index contributed by atoms with van der Waals surface area (Å²) in [5, 5.41) is 12.4. The number of hydrogen-bond acceptors (Lipinski definition) is 4. The van der Waals surface area contributed by atoms with Gasteiger partial charge in [0.1, 0.15) is 0 Å². The van der Waals surface area contributed by atoms with E-state index in [0.29, 0.717) is 0 Å². The number of rotatable bonds is 5. The summed E-state index contributed by atoms with van der Waals surface area (Å²) in [6.07, 6.45) is 3.49. The highest BCUT2D eigenvalue weighted by Gasteiger charge is 2.12. The average Bonchev–Trinajstić information content (AvgIpc) is 2.28. The van der Waals surface area contributed by atoms with Gasteiger partial charge >= 0.3 is 0 Å². The Labute approximate surface area is 90.3 Å². The van der Waals surface area contributed by atoms with Crippen LogP contribution in [0.3, 0.4) is 0 Å². The molecule has 1 heterocycles. The van der Waals surface area contributed by atoms with E-state index in [4.69, 9.17) is 9.84 Å². The lowest BCUT2D eigenvalue weighted by Crippen LogP contribution is -2.30. The molecule has 4 heteroatoms. The van der Waals surface area contributed by atoms with Gasteiger partial charge in [0.05, 0.1) is 24.6 Å². The predicted octanol–water partition coefficient (Wildman–Crippen LogP) is 1.41. The average molecular weight is 210 g/mol. The number of nitrogens with zero attached hydrogens (tertiary/aromatic N) is 1. The highest BCUT2D eigenvalue weighted by molar-refractivity contribution is 5.49. The first-order valence-electron chi connectivity index (χ1n) is 5.02. The zero-order chi connectivity index (χ0) is 11.3. The molecule has 0 aromatic carbocycles. The van der Waals surface area contributed by atoms with Gasteiger partial charge < -0.3 is 15.2 Å². The second-order valence-corrected chi connectivity index (χ2v) is 3.56. The molecule has 1 aromatic heterocycles. The summed E-state index contributed by atoms with van der Waals surface area (Å²) in [5.41, 5.74) is 1.71. The van der Waals surface area contributed by atoms with Crippen LogP contribution in [-0.2, 0) is 11.3 Å². The zero-order valence-corrected chi connectivity index (χ0v) is 9.40. The molecule has 2 N–H and O–H groups in total. The number of hydrogen-bond donors (Lipinski definition) is 2. The van der Waals surface area contributed by atoms with Gasteiger partial charge in [-0.3, -0.25) is 4.98 Å². The zero-order valence-electron chi connectivity index (χ0n) is 9.40. The van der Waals surface area contributed by atoms with Gasteiger partial charge in [0.15, 0.2) is 0 Å². The van der Waals surface area contributed by atoms with E-state index in [1.54, 1.807) is 25.6 Å². The lowest BCUT2D eigenvalue weighted by molar-refractivity contribution is 0.106. The van der Waals surface area contributed by atoms with E-state index in [1.165, 1.54) is 0 Å². The molecule has 0 aliphatic carbocycles. The van der Waals surface area contributed by atoms with E-state index in [-0.39, 0.29) is 18.8 Å². The molecule has 15 heavy (non-hydrogen) atoms. The first kappa shape index (κ1) is 11.9. The Bertz CT molecular complexity index is 304. The number of aliphatic hydroxyl groups is 1. The van der Waals surface area contributed by atoms with Crippen LogP contribution in [0.25, 0.3) is 0 Å². The summed E-state index contributed by atoms with van der Waals surface area (Å²) in [4.78, 5) is 4.02. The maximum absolute atomic E-state index is 9.13. The van der Waals surface area contributed by atoms with Crippen LogP contribution in [0.4, 0.5) is 5.69 Å². The summed E-state index contributed by atoms with van der Waals surface area (Å²) in [7, 11) is 1.68. The molecule has 0 aliphatic heterocycles. The highest BCUT2D eigenvalue weighted by atomic mass is 16.5. The minimum Gasteiger partial charge on any atom is -0.392 e. The molecule has 1 aromatic rings. The van der Waals surface area contributed by atoms with Gasteiger partial charge in [0.25, 0.3) is 0 Å². The molecule has 0 saturated heterocycles. The minimum absolute atomic E-state index is 0.0128. The predicted molar refractivity (Wildman–Crippen MR) is 59.7 cm³/mol. The molecule has 0 radical (unpaired) electrons. The molecular weight excluding hydrogens is 192 g/mol. The number of anilines is 1. The fourth-order valence-electron chi connectivity index (χ4n) is 1.26. The monoisotopic (exact) mass is 210 g/mol. The second-order valence-electron chi connectivity index (χ2n) is 3.56. The molecule has 0 bridgehead atoms. The van der Waals surface area contributed by atoms with Crippen molar-refractivity contribution in [3.05, 3.63) is 24.0 Å². The topological polar surface area (TPSA) is 54.4 Å². The molecule has 4 nitrogen and oxygen atoms in total. The van der Waals surface area contributed by atoms with Crippen LogP contribution in [0.5, 0.6) is 0 Å². The standard InChI is InChI=1S/C11H18N2O2/c1-8(9(2)15-3)13-11-6-12-5-4-10(11)7-14/h4-6,8-9,13-14H,7H2,1-3H3. The van der Waals surface area contributed by atoms with Crippen molar-refractivity contribution in [2.24, 2.45) is 0 Å². The maximum Gasteiger partial charge on any atom is 0.0741 e. The largest absolute Gasteiger partial charge is 0.392 e. The molecule has 0 aliphatic rings. The first-order valence-corrected chi connectivity index (χ1v) is 5.02. The van der Waals surface area contributed by atoms with Crippen molar-refractivity contribution < 1.29 is 9.84 Å². The number of aliphatic hydroxyl groups excluding tert-OH is 1. The van der Waals surface area contributed by atoms with Crippen LogP contribution >= 0.6 is 0 Å². The lowest BCUT2D eigenvalue weighted by Gasteiger charge is -2.22. The molecule has 0 fully saturated rings. The van der Waals surface area contributed by atoms with Gasteiger partial charge in [-0.25, -0.2) is 0 Å². The van der Waals surface area contributed by atoms with Crippen molar-refractivity contribution in [3.63, 3.8) is 0 Å². The van der Waals surface area contributed by atoms with E-state index in [1.807, 2.05) is 13.8 Å². The van der Waals surface area contributed by atoms with Gasteiger partial charge in [-0.05, 0) is 19.9 Å². The Hall–Kier alpha value is -1.13. The van der Waals surface area contributed by atoms with Crippen LogP contribution in [-0.4, -0.2) is 29.3 Å². The third-order valence-electron chi connectivity index (χ3n) is 2.54. The van der Waals surface area contributed by atoms with Gasteiger partial charge in [-0.2, -0.15) is 0 Å². The van der Waals surface area contributed by atoms with Crippen LogP contribution in [0.15, 0.2) is 18.5 Å². The Morgan fingerprint density at radius 2 is 2.27 bits per heavy atom. The maximum atomic E-state index is 9.13. The number of aromatic nitrogens is 1. The molecule has 1 rings (SSSR count). The normalized spacial score (nSPS) is 14.7. The number of pyridine rings is 1. The third-order valence-corrected chi connectivity index (χ3v) is 2.54. The summed E-state index contributed by atoms with van der Waals surface area (Å²) < 4.78 is 5.21. The number of methoxy groups -OCH3 is 1. The second kappa shape index (κ2) is 5.68. The fraction of sp³-hybridized carbons (Fsp3) is 0.545. The van der Waals surface area contributed by atoms with Crippen LogP contribution in [0.1, 0.15) is 19.4 Å². The van der Waals surface area contributed by atoms with E-state index in [0.717, 1.165) is 11.3 Å². The van der Waals surface area contributed by atoms with Crippen LogP contribution in [0.2, 0.25) is 0 Å².